The average Bonchev–Trinajstić information content (AvgIpc) is 3.06. The highest BCUT2D eigenvalue weighted by Gasteiger charge is 2.34. The fourth-order valence-corrected chi connectivity index (χ4v) is 3.53. The number of fused-ring (bicyclic) bond motifs is 1. The number of nitrogens with zero attached hydrogens (tertiary/aromatic N) is 3. The molecule has 0 unspecified atom stereocenters. The normalized spacial score (nSPS) is 17.2. The molecule has 0 spiro atoms. The van der Waals surface area contributed by atoms with Crippen LogP contribution in [0.5, 0.6) is 0 Å². The van der Waals surface area contributed by atoms with Crippen molar-refractivity contribution in [3.8, 4) is 0 Å². The molecule has 0 bridgehead atoms. The number of imidazole rings is 1. The maximum Gasteiger partial charge on any atom is 0.247 e. The molecular weight excluding hydrogens is 347 g/mol. The number of carbonyl (C=O) groups is 2. The maximum absolute atomic E-state index is 13.6. The lowest BCUT2D eigenvalue weighted by Crippen LogP contribution is -2.52. The van der Waals surface area contributed by atoms with Crippen LogP contribution in [-0.2, 0) is 16.0 Å². The van der Waals surface area contributed by atoms with E-state index in [0.717, 1.165) is 16.9 Å². The number of piperazine rings is 1. The smallest absolute Gasteiger partial charge is 0.247 e. The van der Waals surface area contributed by atoms with Gasteiger partial charge in [0.2, 0.25) is 11.8 Å². The van der Waals surface area contributed by atoms with E-state index in [-0.39, 0.29) is 18.2 Å². The number of pyridine rings is 1. The van der Waals surface area contributed by atoms with Crippen LogP contribution in [0.1, 0.15) is 22.9 Å². The molecule has 0 saturated carbocycles. The second-order valence-electron chi connectivity index (χ2n) is 6.65. The number of carbonyl (C=O) groups excluding carboxylic acids is 2. The van der Waals surface area contributed by atoms with Crippen molar-refractivity contribution in [2.24, 2.45) is 0 Å². The van der Waals surface area contributed by atoms with Crippen LogP contribution in [0, 0.1) is 12.7 Å². The second kappa shape index (κ2) is 6.83. The van der Waals surface area contributed by atoms with E-state index in [0.29, 0.717) is 18.7 Å². The molecule has 1 fully saturated rings. The highest BCUT2D eigenvalue weighted by Crippen LogP contribution is 2.25. The SMILES string of the molecule is Cc1cccn2c(CC(=O)N3CCNC(=O)[C@@H]3c3cccc(F)c3)cnc12. The summed E-state index contributed by atoms with van der Waals surface area (Å²) in [4.78, 5) is 31.4. The van der Waals surface area contributed by atoms with E-state index in [1.165, 1.54) is 17.0 Å². The van der Waals surface area contributed by atoms with Crippen molar-refractivity contribution < 1.29 is 14.0 Å². The Kier molecular flexibility index (Phi) is 4.35. The van der Waals surface area contributed by atoms with Crippen LogP contribution < -0.4 is 5.32 Å². The summed E-state index contributed by atoms with van der Waals surface area (Å²) < 4.78 is 15.5. The Morgan fingerprint density at radius 2 is 2.19 bits per heavy atom. The standard InChI is InChI=1S/C20H19FN4O2/c1-13-4-3-8-24-16(12-23-19(13)24)11-17(26)25-9-7-22-20(27)18(25)14-5-2-6-15(21)10-14/h2-6,8,10,12,18H,7,9,11H2,1H3,(H,22,27)/t18-/m0/s1. The fraction of sp³-hybridized carbons (Fsp3) is 0.250. The van der Waals surface area contributed by atoms with Crippen LogP contribution in [-0.4, -0.2) is 39.2 Å². The summed E-state index contributed by atoms with van der Waals surface area (Å²) in [5.74, 6) is -0.924. The monoisotopic (exact) mass is 366 g/mol. The lowest BCUT2D eigenvalue weighted by Gasteiger charge is -2.35. The minimum atomic E-state index is -0.831. The van der Waals surface area contributed by atoms with E-state index in [2.05, 4.69) is 10.3 Å². The summed E-state index contributed by atoms with van der Waals surface area (Å²) in [6, 6.07) is 8.86. The number of hydrogen-bond donors (Lipinski definition) is 1. The Bertz CT molecular complexity index is 1030. The Morgan fingerprint density at radius 3 is 3.00 bits per heavy atom. The van der Waals surface area contributed by atoms with Gasteiger partial charge in [-0.25, -0.2) is 9.37 Å². The van der Waals surface area contributed by atoms with E-state index in [9.17, 15) is 14.0 Å². The van der Waals surface area contributed by atoms with E-state index in [1.807, 2.05) is 29.7 Å². The van der Waals surface area contributed by atoms with Gasteiger partial charge in [-0.15, -0.1) is 0 Å². The molecule has 3 heterocycles. The molecule has 4 rings (SSSR count). The molecule has 1 N–H and O–H groups in total. The van der Waals surface area contributed by atoms with Crippen molar-refractivity contribution in [2.45, 2.75) is 19.4 Å². The molecule has 1 aliphatic rings. The number of aromatic nitrogens is 2. The van der Waals surface area contributed by atoms with Crippen molar-refractivity contribution in [1.82, 2.24) is 19.6 Å². The molecule has 1 saturated heterocycles. The van der Waals surface area contributed by atoms with Crippen molar-refractivity contribution in [2.75, 3.05) is 13.1 Å². The van der Waals surface area contributed by atoms with Gasteiger partial charge >= 0.3 is 0 Å². The topological polar surface area (TPSA) is 66.7 Å². The van der Waals surface area contributed by atoms with E-state index in [1.54, 1.807) is 18.3 Å². The summed E-state index contributed by atoms with van der Waals surface area (Å²) in [6.45, 7) is 2.72. The number of aryl methyl sites for hydroxylation is 1. The highest BCUT2D eigenvalue weighted by molar-refractivity contribution is 5.90. The summed E-state index contributed by atoms with van der Waals surface area (Å²) in [6.07, 6.45) is 3.66. The zero-order valence-corrected chi connectivity index (χ0v) is 14.9. The van der Waals surface area contributed by atoms with Crippen molar-refractivity contribution in [3.63, 3.8) is 0 Å². The Labute approximate surface area is 155 Å². The van der Waals surface area contributed by atoms with Gasteiger partial charge in [0.15, 0.2) is 0 Å². The molecule has 3 aromatic rings. The molecule has 1 aromatic carbocycles. The van der Waals surface area contributed by atoms with E-state index in [4.69, 9.17) is 0 Å². The number of hydrogen-bond acceptors (Lipinski definition) is 3. The third kappa shape index (κ3) is 3.16. The number of halogens is 1. The molecule has 0 radical (unpaired) electrons. The van der Waals surface area contributed by atoms with Gasteiger partial charge in [-0.1, -0.05) is 18.2 Å². The van der Waals surface area contributed by atoms with Gasteiger partial charge in [-0.2, -0.15) is 0 Å². The van der Waals surface area contributed by atoms with Gasteiger partial charge in [0.1, 0.15) is 17.5 Å². The Morgan fingerprint density at radius 1 is 1.33 bits per heavy atom. The quantitative estimate of drug-likeness (QED) is 0.771. The van der Waals surface area contributed by atoms with Crippen LogP contribution in [0.3, 0.4) is 0 Å². The molecule has 6 nitrogen and oxygen atoms in total. The van der Waals surface area contributed by atoms with E-state index < -0.39 is 11.9 Å². The first-order valence-electron chi connectivity index (χ1n) is 8.79. The summed E-state index contributed by atoms with van der Waals surface area (Å²) in [5, 5.41) is 2.76. The van der Waals surface area contributed by atoms with Crippen LogP contribution in [0.25, 0.3) is 5.65 Å². The zero-order chi connectivity index (χ0) is 19.0. The van der Waals surface area contributed by atoms with Gasteiger partial charge in [0, 0.05) is 25.5 Å². The molecule has 2 amide bonds. The van der Waals surface area contributed by atoms with Crippen LogP contribution >= 0.6 is 0 Å². The highest BCUT2D eigenvalue weighted by atomic mass is 19.1. The molecule has 1 aliphatic heterocycles. The first kappa shape index (κ1) is 17.2. The summed E-state index contributed by atoms with van der Waals surface area (Å²) in [5.41, 5.74) is 3.04. The van der Waals surface area contributed by atoms with Crippen molar-refractivity contribution in [1.29, 1.82) is 0 Å². The van der Waals surface area contributed by atoms with Gasteiger partial charge < -0.3 is 14.6 Å². The maximum atomic E-state index is 13.6. The third-order valence-electron chi connectivity index (χ3n) is 4.84. The average molecular weight is 366 g/mol. The molecule has 7 heteroatoms. The third-order valence-corrected chi connectivity index (χ3v) is 4.84. The molecule has 27 heavy (non-hydrogen) atoms. The molecule has 2 aromatic heterocycles. The van der Waals surface area contributed by atoms with Crippen molar-refractivity contribution >= 4 is 17.5 Å². The lowest BCUT2D eigenvalue weighted by molar-refractivity contribution is -0.143. The number of rotatable bonds is 3. The second-order valence-corrected chi connectivity index (χ2v) is 6.65. The Balaban J connectivity index is 1.64. The van der Waals surface area contributed by atoms with Gasteiger partial charge in [-0.3, -0.25) is 9.59 Å². The van der Waals surface area contributed by atoms with Gasteiger partial charge in [-0.05, 0) is 36.2 Å². The molecule has 138 valence electrons. The minimum absolute atomic E-state index is 0.115. The van der Waals surface area contributed by atoms with Gasteiger partial charge in [0.25, 0.3) is 0 Å². The van der Waals surface area contributed by atoms with E-state index >= 15 is 0 Å². The predicted octanol–water partition coefficient (Wildman–Crippen LogP) is 2.02. The van der Waals surface area contributed by atoms with Crippen LogP contribution in [0.4, 0.5) is 4.39 Å². The van der Waals surface area contributed by atoms with Crippen molar-refractivity contribution in [3.05, 3.63) is 71.4 Å². The first-order chi connectivity index (χ1) is 13.0. The molecule has 1 atom stereocenters. The Hall–Kier alpha value is -3.22. The molecule has 0 aliphatic carbocycles. The zero-order valence-electron chi connectivity index (χ0n) is 14.9. The number of nitrogens with one attached hydrogen (secondary N) is 1. The number of benzene rings is 1. The largest absolute Gasteiger partial charge is 0.352 e. The lowest BCUT2D eigenvalue weighted by atomic mass is 10.0. The predicted molar refractivity (Wildman–Crippen MR) is 97.5 cm³/mol. The number of amides is 2. The van der Waals surface area contributed by atoms with Crippen LogP contribution in [0.15, 0.2) is 48.8 Å². The van der Waals surface area contributed by atoms with Gasteiger partial charge in [0.05, 0.1) is 12.1 Å². The first-order valence-corrected chi connectivity index (χ1v) is 8.79. The van der Waals surface area contributed by atoms with Crippen LogP contribution in [0.2, 0.25) is 0 Å². The summed E-state index contributed by atoms with van der Waals surface area (Å²) >= 11 is 0. The summed E-state index contributed by atoms with van der Waals surface area (Å²) in [7, 11) is 0. The minimum Gasteiger partial charge on any atom is -0.352 e. The molecular formula is C20H19FN4O2. The fourth-order valence-electron chi connectivity index (χ4n) is 3.53.